The summed E-state index contributed by atoms with van der Waals surface area (Å²) in [5.41, 5.74) is -1.05. The highest BCUT2D eigenvalue weighted by atomic mass is 32.2. The Balaban J connectivity index is 2.36. The van der Waals surface area contributed by atoms with Crippen molar-refractivity contribution in [2.75, 3.05) is 6.61 Å². The lowest BCUT2D eigenvalue weighted by molar-refractivity contribution is -0.237. The molecule has 2 rings (SSSR count). The van der Waals surface area contributed by atoms with E-state index in [0.29, 0.717) is 0 Å². The van der Waals surface area contributed by atoms with Crippen LogP contribution in [0.15, 0.2) is 0 Å². The first-order valence-corrected chi connectivity index (χ1v) is 11.0. The van der Waals surface area contributed by atoms with Crippen molar-refractivity contribution in [3.05, 3.63) is 0 Å². The van der Waals surface area contributed by atoms with Crippen LogP contribution in [-0.2, 0) is 47.7 Å². The van der Waals surface area contributed by atoms with E-state index >= 15 is 0 Å². The number of carbonyl (C=O) groups is 5. The zero-order valence-corrected chi connectivity index (χ0v) is 18.8. The maximum Gasteiger partial charge on any atom is 0.303 e. The average Bonchev–Trinajstić information content (AvgIpc) is 3.18. The van der Waals surface area contributed by atoms with Gasteiger partial charge in [-0.3, -0.25) is 24.0 Å². The second-order valence-electron chi connectivity index (χ2n) is 7.49. The van der Waals surface area contributed by atoms with E-state index in [1.807, 2.05) is 0 Å². The van der Waals surface area contributed by atoms with Crippen LogP contribution in [-0.4, -0.2) is 65.5 Å². The fraction of sp³-hybridized carbons (Fsp3) is 0.750. The van der Waals surface area contributed by atoms with Gasteiger partial charge in [0.2, 0.25) is 0 Å². The Hall–Kier alpha value is -2.14. The molecule has 174 valence electrons. The largest absolute Gasteiger partial charge is 0.463 e. The van der Waals surface area contributed by atoms with Crippen LogP contribution in [0.4, 0.5) is 0 Å². The Morgan fingerprint density at radius 1 is 0.774 bits per heavy atom. The van der Waals surface area contributed by atoms with Crippen LogP contribution < -0.4 is 0 Å². The summed E-state index contributed by atoms with van der Waals surface area (Å²) in [6, 6.07) is 0. The first-order valence-electron chi connectivity index (χ1n) is 10.1. The number of hydrogen-bond acceptors (Lipinski definition) is 11. The van der Waals surface area contributed by atoms with Crippen LogP contribution in [0, 0.1) is 5.92 Å². The molecule has 10 nitrogen and oxygen atoms in total. The van der Waals surface area contributed by atoms with Gasteiger partial charge in [-0.15, -0.1) is 0 Å². The fourth-order valence-electron chi connectivity index (χ4n) is 3.66. The smallest absolute Gasteiger partial charge is 0.303 e. The molecule has 2 unspecified atom stereocenters. The zero-order valence-electron chi connectivity index (χ0n) is 18.0. The summed E-state index contributed by atoms with van der Waals surface area (Å²) in [7, 11) is 0. The lowest BCUT2D eigenvalue weighted by Gasteiger charge is -2.44. The molecule has 5 atom stereocenters. The molecule has 1 saturated carbocycles. The number of carbonyl (C=O) groups excluding carboxylic acids is 5. The molecule has 0 aromatic rings. The van der Waals surface area contributed by atoms with Crippen LogP contribution in [0.3, 0.4) is 0 Å². The summed E-state index contributed by atoms with van der Waals surface area (Å²) in [5.74, 6) is -2.84. The number of thioether (sulfide) groups is 1. The van der Waals surface area contributed by atoms with E-state index < -0.39 is 53.7 Å². The normalized spacial score (nSPS) is 28.5. The van der Waals surface area contributed by atoms with Gasteiger partial charge in [0.05, 0.1) is 0 Å². The van der Waals surface area contributed by atoms with Crippen molar-refractivity contribution in [1.29, 1.82) is 0 Å². The van der Waals surface area contributed by atoms with Gasteiger partial charge in [-0.1, -0.05) is 24.6 Å². The lowest BCUT2D eigenvalue weighted by Crippen LogP contribution is -2.61. The highest BCUT2D eigenvalue weighted by molar-refractivity contribution is 8.14. The molecule has 0 bridgehead atoms. The minimum absolute atomic E-state index is 0.126. The van der Waals surface area contributed by atoms with Crippen LogP contribution in [0.5, 0.6) is 0 Å². The zero-order chi connectivity index (χ0) is 23.1. The number of esters is 4. The third-order valence-electron chi connectivity index (χ3n) is 4.87. The van der Waals surface area contributed by atoms with Crippen molar-refractivity contribution in [2.45, 2.75) is 83.2 Å². The van der Waals surface area contributed by atoms with E-state index in [1.54, 1.807) is 0 Å². The molecule has 0 N–H and O–H groups in total. The van der Waals surface area contributed by atoms with Gasteiger partial charge in [0.25, 0.3) is 0 Å². The first-order chi connectivity index (χ1) is 14.6. The molecular formula is C20H28O10S. The molecule has 0 spiro atoms. The minimum atomic E-state index is -1.26. The molecule has 31 heavy (non-hydrogen) atoms. The Bertz CT molecular complexity index is 702. The van der Waals surface area contributed by atoms with Crippen LogP contribution >= 0.6 is 11.8 Å². The summed E-state index contributed by atoms with van der Waals surface area (Å²) in [6.45, 7) is 4.35. The van der Waals surface area contributed by atoms with E-state index in [1.165, 1.54) is 6.92 Å². The van der Waals surface area contributed by atoms with Gasteiger partial charge in [0, 0.05) is 33.6 Å². The summed E-state index contributed by atoms with van der Waals surface area (Å²) < 4.78 is 26.9. The standard InChI is InChI=1S/C20H28O10S/c1-10(21)26-9-15-16(27-11(2)22)17(28-12(3)23)18(29-13(4)24)20(30-15)31-19(25)14-7-5-6-8-14/h14-18,20H,5-9H2,1-4H3/t15?,16-,17?,18+,20-/m0/s1. The first kappa shape index (κ1) is 25.1. The topological polar surface area (TPSA) is 132 Å². The fourth-order valence-corrected chi connectivity index (χ4v) is 4.86. The van der Waals surface area contributed by atoms with Crippen LogP contribution in [0.2, 0.25) is 0 Å². The maximum atomic E-state index is 12.8. The van der Waals surface area contributed by atoms with E-state index in [0.717, 1.165) is 58.2 Å². The second-order valence-corrected chi connectivity index (χ2v) is 8.59. The van der Waals surface area contributed by atoms with Crippen molar-refractivity contribution in [1.82, 2.24) is 0 Å². The summed E-state index contributed by atoms with van der Waals surface area (Å²) >= 11 is 0.847. The SMILES string of the molecule is CC(=O)OCC1O[C@@H](SC(=O)C2CCCC2)[C@H](OC(C)=O)C(OC(C)=O)[C@H]1OC(C)=O. The van der Waals surface area contributed by atoms with Gasteiger partial charge in [-0.05, 0) is 12.8 Å². The molecule has 11 heteroatoms. The van der Waals surface area contributed by atoms with Gasteiger partial charge < -0.3 is 23.7 Å². The summed E-state index contributed by atoms with van der Waals surface area (Å²) in [6.07, 6.45) is -1.30. The number of hydrogen-bond donors (Lipinski definition) is 0. The summed E-state index contributed by atoms with van der Waals surface area (Å²) in [5, 5.41) is -0.126. The van der Waals surface area contributed by atoms with E-state index in [9.17, 15) is 24.0 Å². The monoisotopic (exact) mass is 460 g/mol. The van der Waals surface area contributed by atoms with Gasteiger partial charge in [0.1, 0.15) is 12.7 Å². The average molecular weight is 461 g/mol. The second kappa shape index (κ2) is 11.5. The van der Waals surface area contributed by atoms with E-state index in [4.69, 9.17) is 23.7 Å². The summed E-state index contributed by atoms with van der Waals surface area (Å²) in [4.78, 5) is 59.3. The predicted octanol–water partition coefficient (Wildman–Crippen LogP) is 1.52. The molecule has 1 heterocycles. The van der Waals surface area contributed by atoms with Gasteiger partial charge in [-0.2, -0.15) is 0 Å². The molecule has 2 fully saturated rings. The third kappa shape index (κ3) is 7.49. The molecule has 1 saturated heterocycles. The quantitative estimate of drug-likeness (QED) is 0.404. The number of rotatable bonds is 7. The van der Waals surface area contributed by atoms with E-state index in [2.05, 4.69) is 0 Å². The Morgan fingerprint density at radius 2 is 1.29 bits per heavy atom. The van der Waals surface area contributed by atoms with Crippen molar-refractivity contribution in [3.8, 4) is 0 Å². The molecule has 1 aliphatic heterocycles. The highest BCUT2D eigenvalue weighted by Gasteiger charge is 2.53. The molecule has 1 aliphatic carbocycles. The Labute approximate surface area is 184 Å². The van der Waals surface area contributed by atoms with Gasteiger partial charge >= 0.3 is 23.9 Å². The van der Waals surface area contributed by atoms with Crippen molar-refractivity contribution in [2.24, 2.45) is 5.92 Å². The van der Waals surface area contributed by atoms with E-state index in [-0.39, 0.29) is 17.6 Å². The Kier molecular flexibility index (Phi) is 9.30. The molecule has 0 aromatic heterocycles. The molecular weight excluding hydrogens is 432 g/mol. The minimum Gasteiger partial charge on any atom is -0.463 e. The van der Waals surface area contributed by atoms with Crippen LogP contribution in [0.1, 0.15) is 53.4 Å². The molecule has 0 radical (unpaired) electrons. The van der Waals surface area contributed by atoms with Crippen molar-refractivity contribution >= 4 is 40.8 Å². The molecule has 2 aliphatic rings. The molecule has 0 aromatic carbocycles. The Morgan fingerprint density at radius 3 is 1.81 bits per heavy atom. The highest BCUT2D eigenvalue weighted by Crippen LogP contribution is 2.38. The van der Waals surface area contributed by atoms with Crippen LogP contribution in [0.25, 0.3) is 0 Å². The van der Waals surface area contributed by atoms with Gasteiger partial charge in [0.15, 0.2) is 28.9 Å². The number of ether oxygens (including phenoxy) is 5. The van der Waals surface area contributed by atoms with Crippen molar-refractivity contribution in [3.63, 3.8) is 0 Å². The lowest BCUT2D eigenvalue weighted by atomic mass is 9.99. The van der Waals surface area contributed by atoms with Gasteiger partial charge in [-0.25, -0.2) is 0 Å². The predicted molar refractivity (Wildman–Crippen MR) is 107 cm³/mol. The third-order valence-corrected chi connectivity index (χ3v) is 6.05. The maximum absolute atomic E-state index is 12.8. The molecule has 0 amide bonds. The van der Waals surface area contributed by atoms with Crippen molar-refractivity contribution < 1.29 is 47.7 Å².